The molecule has 1 aromatic carbocycles. The van der Waals surface area contributed by atoms with Crippen LogP contribution in [0, 0.1) is 0 Å². The molecule has 106 valence electrons. The van der Waals surface area contributed by atoms with Gasteiger partial charge in [0.25, 0.3) is 5.91 Å². The standard InChI is InChI=1S/C14H20ClNO3/c1-5-16(9-14(2,3)18)13(17)10-6-7-11(15)12(8-10)19-4/h6-8,18H,5,9H2,1-4H3. The van der Waals surface area contributed by atoms with E-state index in [4.69, 9.17) is 16.3 Å². The van der Waals surface area contributed by atoms with Gasteiger partial charge >= 0.3 is 0 Å². The van der Waals surface area contributed by atoms with Crippen molar-refractivity contribution in [2.45, 2.75) is 26.4 Å². The molecule has 1 rings (SSSR count). The SMILES string of the molecule is CCN(CC(C)(C)O)C(=O)c1ccc(Cl)c(OC)c1. The summed E-state index contributed by atoms with van der Waals surface area (Å²) in [6.07, 6.45) is 0. The Morgan fingerprint density at radius 1 is 1.47 bits per heavy atom. The largest absolute Gasteiger partial charge is 0.495 e. The Balaban J connectivity index is 2.97. The number of methoxy groups -OCH3 is 1. The first-order chi connectivity index (χ1) is 8.78. The summed E-state index contributed by atoms with van der Waals surface area (Å²) in [6.45, 7) is 6.01. The lowest BCUT2D eigenvalue weighted by molar-refractivity contribution is 0.0314. The summed E-state index contributed by atoms with van der Waals surface area (Å²) < 4.78 is 5.10. The molecule has 0 fully saturated rings. The molecule has 0 saturated heterocycles. The van der Waals surface area contributed by atoms with Crippen molar-refractivity contribution in [1.82, 2.24) is 4.90 Å². The van der Waals surface area contributed by atoms with Crippen LogP contribution >= 0.6 is 11.6 Å². The smallest absolute Gasteiger partial charge is 0.254 e. The second-order valence-electron chi connectivity index (χ2n) is 4.98. The van der Waals surface area contributed by atoms with Crippen molar-refractivity contribution in [3.63, 3.8) is 0 Å². The first kappa shape index (κ1) is 15.8. The minimum Gasteiger partial charge on any atom is -0.495 e. The van der Waals surface area contributed by atoms with Gasteiger partial charge in [0, 0.05) is 18.7 Å². The number of carbonyl (C=O) groups excluding carboxylic acids is 1. The molecule has 0 unspecified atom stereocenters. The topological polar surface area (TPSA) is 49.8 Å². The third kappa shape index (κ3) is 4.40. The highest BCUT2D eigenvalue weighted by Gasteiger charge is 2.22. The molecule has 0 aliphatic rings. The number of carbonyl (C=O) groups is 1. The van der Waals surface area contributed by atoms with E-state index < -0.39 is 5.60 Å². The molecule has 0 aromatic heterocycles. The van der Waals surface area contributed by atoms with Gasteiger partial charge in [0.2, 0.25) is 0 Å². The Labute approximate surface area is 118 Å². The number of hydrogen-bond donors (Lipinski definition) is 1. The van der Waals surface area contributed by atoms with Crippen LogP contribution in [-0.2, 0) is 0 Å². The molecule has 5 heteroatoms. The summed E-state index contributed by atoms with van der Waals surface area (Å²) >= 11 is 5.93. The summed E-state index contributed by atoms with van der Waals surface area (Å²) in [5.74, 6) is 0.312. The molecular weight excluding hydrogens is 266 g/mol. The third-order valence-corrected chi connectivity index (χ3v) is 2.96. The van der Waals surface area contributed by atoms with Crippen LogP contribution in [0.15, 0.2) is 18.2 Å². The van der Waals surface area contributed by atoms with E-state index in [-0.39, 0.29) is 12.5 Å². The second-order valence-corrected chi connectivity index (χ2v) is 5.39. The third-order valence-electron chi connectivity index (χ3n) is 2.64. The van der Waals surface area contributed by atoms with Crippen LogP contribution in [0.25, 0.3) is 0 Å². The molecule has 4 nitrogen and oxygen atoms in total. The molecule has 0 radical (unpaired) electrons. The van der Waals surface area contributed by atoms with Crippen molar-refractivity contribution in [1.29, 1.82) is 0 Å². The maximum Gasteiger partial charge on any atom is 0.254 e. The second kappa shape index (κ2) is 6.26. The average Bonchev–Trinajstić information content (AvgIpc) is 2.34. The number of nitrogens with zero attached hydrogens (tertiary/aromatic N) is 1. The summed E-state index contributed by atoms with van der Waals surface area (Å²) in [7, 11) is 1.50. The number of halogens is 1. The number of rotatable bonds is 5. The van der Waals surface area contributed by atoms with E-state index in [1.807, 2.05) is 6.92 Å². The van der Waals surface area contributed by atoms with Crippen LogP contribution in [0.3, 0.4) is 0 Å². The molecule has 0 aliphatic carbocycles. The van der Waals surface area contributed by atoms with Gasteiger partial charge in [-0.3, -0.25) is 4.79 Å². The summed E-state index contributed by atoms with van der Waals surface area (Å²) in [5, 5.41) is 10.3. The van der Waals surface area contributed by atoms with Crippen molar-refractivity contribution in [2.75, 3.05) is 20.2 Å². The van der Waals surface area contributed by atoms with Crippen molar-refractivity contribution >= 4 is 17.5 Å². The Hall–Kier alpha value is -1.26. The highest BCUT2D eigenvalue weighted by molar-refractivity contribution is 6.32. The normalized spacial score (nSPS) is 11.3. The zero-order valence-corrected chi connectivity index (χ0v) is 12.5. The molecular formula is C14H20ClNO3. The molecule has 0 spiro atoms. The van der Waals surface area contributed by atoms with E-state index in [2.05, 4.69) is 0 Å². The van der Waals surface area contributed by atoms with E-state index in [0.29, 0.717) is 22.9 Å². The number of ether oxygens (including phenoxy) is 1. The van der Waals surface area contributed by atoms with Crippen LogP contribution in [0.1, 0.15) is 31.1 Å². The molecule has 19 heavy (non-hydrogen) atoms. The predicted molar refractivity (Wildman–Crippen MR) is 75.9 cm³/mol. The van der Waals surface area contributed by atoms with E-state index in [1.165, 1.54) is 7.11 Å². The summed E-state index contributed by atoms with van der Waals surface area (Å²) in [5.41, 5.74) is -0.435. The minimum atomic E-state index is -0.928. The van der Waals surface area contributed by atoms with Gasteiger partial charge in [0.05, 0.1) is 17.7 Å². The Kier molecular flexibility index (Phi) is 5.20. The lowest BCUT2D eigenvalue weighted by Gasteiger charge is -2.28. The van der Waals surface area contributed by atoms with E-state index in [0.717, 1.165) is 0 Å². The van der Waals surface area contributed by atoms with Gasteiger partial charge in [-0.2, -0.15) is 0 Å². The maximum atomic E-state index is 12.3. The van der Waals surface area contributed by atoms with Crippen LogP contribution in [0.2, 0.25) is 5.02 Å². The number of benzene rings is 1. The molecule has 1 aromatic rings. The Bertz CT molecular complexity index is 454. The molecule has 1 N–H and O–H groups in total. The first-order valence-electron chi connectivity index (χ1n) is 6.13. The van der Waals surface area contributed by atoms with E-state index in [1.54, 1.807) is 36.9 Å². The zero-order valence-electron chi connectivity index (χ0n) is 11.7. The van der Waals surface area contributed by atoms with Gasteiger partial charge in [-0.25, -0.2) is 0 Å². The van der Waals surface area contributed by atoms with Gasteiger partial charge in [-0.05, 0) is 39.0 Å². The van der Waals surface area contributed by atoms with Crippen LogP contribution in [-0.4, -0.2) is 41.7 Å². The van der Waals surface area contributed by atoms with Crippen LogP contribution in [0.4, 0.5) is 0 Å². The number of aliphatic hydroxyl groups is 1. The quantitative estimate of drug-likeness (QED) is 0.905. The lowest BCUT2D eigenvalue weighted by Crippen LogP contribution is -2.42. The van der Waals surface area contributed by atoms with E-state index >= 15 is 0 Å². The number of amides is 1. The van der Waals surface area contributed by atoms with Crippen LogP contribution in [0.5, 0.6) is 5.75 Å². The van der Waals surface area contributed by atoms with Gasteiger partial charge in [0.1, 0.15) is 5.75 Å². The average molecular weight is 286 g/mol. The Morgan fingerprint density at radius 3 is 2.58 bits per heavy atom. The van der Waals surface area contributed by atoms with E-state index in [9.17, 15) is 9.90 Å². The Morgan fingerprint density at radius 2 is 2.11 bits per heavy atom. The van der Waals surface area contributed by atoms with Gasteiger partial charge in [-0.1, -0.05) is 11.6 Å². The number of likely N-dealkylation sites (N-methyl/N-ethyl adjacent to an activating group) is 1. The highest BCUT2D eigenvalue weighted by Crippen LogP contribution is 2.25. The predicted octanol–water partition coefficient (Wildman–Crippen LogP) is 2.58. The fourth-order valence-corrected chi connectivity index (χ4v) is 1.96. The van der Waals surface area contributed by atoms with Crippen molar-refractivity contribution in [3.8, 4) is 5.75 Å². The van der Waals surface area contributed by atoms with Crippen molar-refractivity contribution < 1.29 is 14.6 Å². The minimum absolute atomic E-state index is 0.153. The molecule has 0 aliphatic heterocycles. The molecule has 1 amide bonds. The zero-order chi connectivity index (χ0) is 14.6. The molecule has 0 bridgehead atoms. The summed E-state index contributed by atoms with van der Waals surface area (Å²) in [6, 6.07) is 4.89. The maximum absolute atomic E-state index is 12.3. The lowest BCUT2D eigenvalue weighted by atomic mass is 10.1. The highest BCUT2D eigenvalue weighted by atomic mass is 35.5. The van der Waals surface area contributed by atoms with Gasteiger partial charge in [-0.15, -0.1) is 0 Å². The molecule has 0 atom stereocenters. The molecule has 0 saturated carbocycles. The van der Waals surface area contributed by atoms with Gasteiger partial charge < -0.3 is 14.7 Å². The monoisotopic (exact) mass is 285 g/mol. The number of hydrogen-bond acceptors (Lipinski definition) is 3. The van der Waals surface area contributed by atoms with Crippen molar-refractivity contribution in [2.24, 2.45) is 0 Å². The summed E-state index contributed by atoms with van der Waals surface area (Å²) in [4.78, 5) is 13.9. The first-order valence-corrected chi connectivity index (χ1v) is 6.51. The fraction of sp³-hybridized carbons (Fsp3) is 0.500. The van der Waals surface area contributed by atoms with Crippen molar-refractivity contribution in [3.05, 3.63) is 28.8 Å². The van der Waals surface area contributed by atoms with Gasteiger partial charge in [0.15, 0.2) is 0 Å². The molecule has 0 heterocycles. The van der Waals surface area contributed by atoms with Crippen LogP contribution < -0.4 is 4.74 Å². The fourth-order valence-electron chi connectivity index (χ4n) is 1.77.